The van der Waals surface area contributed by atoms with E-state index in [1.165, 1.54) is 0 Å². The maximum Gasteiger partial charge on any atom is 0.255 e. The number of hydrogen-bond acceptors (Lipinski definition) is 1. The van der Waals surface area contributed by atoms with Crippen LogP contribution in [0.1, 0.15) is 13.8 Å². The maximum absolute atomic E-state index is 10.9. The smallest absolute Gasteiger partial charge is 0.255 e. The molecule has 0 saturated carbocycles. The largest absolute Gasteiger partial charge is 0.318 e. The molecule has 0 radical (unpaired) electrons. The lowest BCUT2D eigenvalue weighted by Gasteiger charge is -2.26. The van der Waals surface area contributed by atoms with E-state index in [1.54, 1.807) is 11.9 Å². The van der Waals surface area contributed by atoms with Crippen molar-refractivity contribution in [2.24, 2.45) is 5.92 Å². The predicted octanol–water partition coefficient (Wildman–Crippen LogP) is 0.998. The summed E-state index contributed by atoms with van der Waals surface area (Å²) in [5.41, 5.74) is 0.942. The molecule has 1 aliphatic heterocycles. The Hall–Kier alpha value is -0.790. The highest BCUT2D eigenvalue weighted by Crippen LogP contribution is 2.20. The average molecular weight is 125 g/mol. The van der Waals surface area contributed by atoms with Crippen LogP contribution in [0.15, 0.2) is 11.8 Å². The minimum absolute atomic E-state index is 0.171. The van der Waals surface area contributed by atoms with Crippen molar-refractivity contribution in [1.29, 1.82) is 0 Å². The first kappa shape index (κ1) is 6.33. The van der Waals surface area contributed by atoms with Gasteiger partial charge in [0.15, 0.2) is 0 Å². The van der Waals surface area contributed by atoms with Gasteiger partial charge in [-0.1, -0.05) is 13.8 Å². The van der Waals surface area contributed by atoms with E-state index in [0.29, 0.717) is 5.92 Å². The monoisotopic (exact) mass is 125 g/mol. The Labute approximate surface area is 55.2 Å². The third-order valence-corrected chi connectivity index (χ3v) is 1.52. The summed E-state index contributed by atoms with van der Waals surface area (Å²) in [6.45, 7) is 4.05. The molecule has 0 saturated heterocycles. The number of amides is 1. The average Bonchev–Trinajstić information content (AvgIpc) is 1.81. The molecule has 0 bridgehead atoms. The molecule has 0 aromatic rings. The molecular formula is C7H11NO. The van der Waals surface area contributed by atoms with Crippen LogP contribution in [0.3, 0.4) is 0 Å². The summed E-state index contributed by atoms with van der Waals surface area (Å²) in [6.07, 6.45) is 1.88. The fraction of sp³-hybridized carbons (Fsp3) is 0.571. The van der Waals surface area contributed by atoms with Crippen LogP contribution >= 0.6 is 0 Å². The maximum atomic E-state index is 10.9. The summed E-state index contributed by atoms with van der Waals surface area (Å²) in [5, 5.41) is 0. The van der Waals surface area contributed by atoms with Crippen molar-refractivity contribution in [3.8, 4) is 0 Å². The molecule has 0 unspecified atom stereocenters. The Bertz CT molecular complexity index is 170. The number of nitrogens with zero attached hydrogens (tertiary/aromatic N) is 1. The first-order valence-electron chi connectivity index (χ1n) is 3.12. The van der Waals surface area contributed by atoms with Crippen LogP contribution in [0.25, 0.3) is 0 Å². The Kier molecular flexibility index (Phi) is 1.31. The lowest BCUT2D eigenvalue weighted by Crippen LogP contribution is -2.34. The van der Waals surface area contributed by atoms with Crippen LogP contribution in [0.4, 0.5) is 0 Å². The van der Waals surface area contributed by atoms with Crippen molar-refractivity contribution in [3.05, 3.63) is 11.8 Å². The molecule has 0 atom stereocenters. The van der Waals surface area contributed by atoms with Crippen molar-refractivity contribution in [1.82, 2.24) is 4.90 Å². The van der Waals surface area contributed by atoms with Gasteiger partial charge in [0.1, 0.15) is 0 Å². The molecule has 1 heterocycles. The van der Waals surface area contributed by atoms with E-state index in [2.05, 4.69) is 0 Å². The second kappa shape index (κ2) is 1.87. The van der Waals surface area contributed by atoms with Crippen molar-refractivity contribution in [2.75, 3.05) is 7.05 Å². The molecule has 2 heteroatoms. The Morgan fingerprint density at radius 2 is 2.11 bits per heavy atom. The minimum Gasteiger partial charge on any atom is -0.318 e. The van der Waals surface area contributed by atoms with E-state index < -0.39 is 0 Å². The Morgan fingerprint density at radius 1 is 1.56 bits per heavy atom. The van der Waals surface area contributed by atoms with Gasteiger partial charge in [0.25, 0.3) is 5.91 Å². The SMILES string of the molecule is CC(C)C1=CN(C)C1=O. The van der Waals surface area contributed by atoms with E-state index in [0.717, 1.165) is 5.57 Å². The molecule has 1 rings (SSSR count). The number of carbonyl (C=O) groups excluding carboxylic acids is 1. The topological polar surface area (TPSA) is 20.3 Å². The van der Waals surface area contributed by atoms with E-state index in [1.807, 2.05) is 20.0 Å². The predicted molar refractivity (Wildman–Crippen MR) is 35.7 cm³/mol. The zero-order valence-electron chi connectivity index (χ0n) is 6.01. The third kappa shape index (κ3) is 0.846. The number of hydrogen-bond donors (Lipinski definition) is 0. The van der Waals surface area contributed by atoms with Crippen molar-refractivity contribution < 1.29 is 4.79 Å². The summed E-state index contributed by atoms with van der Waals surface area (Å²) in [6, 6.07) is 0. The third-order valence-electron chi connectivity index (χ3n) is 1.52. The first-order chi connectivity index (χ1) is 4.13. The fourth-order valence-electron chi connectivity index (χ4n) is 0.856. The zero-order chi connectivity index (χ0) is 7.02. The van der Waals surface area contributed by atoms with E-state index in [-0.39, 0.29) is 5.91 Å². The highest BCUT2D eigenvalue weighted by molar-refractivity contribution is 5.99. The van der Waals surface area contributed by atoms with Crippen LogP contribution in [0.2, 0.25) is 0 Å². The van der Waals surface area contributed by atoms with E-state index in [9.17, 15) is 4.79 Å². The molecule has 1 amide bonds. The number of rotatable bonds is 1. The summed E-state index contributed by atoms with van der Waals surface area (Å²) >= 11 is 0. The zero-order valence-corrected chi connectivity index (χ0v) is 6.01. The van der Waals surface area contributed by atoms with Crippen LogP contribution in [-0.2, 0) is 4.79 Å². The standard InChI is InChI=1S/C7H11NO/c1-5(2)6-4-8(3)7(6)9/h4-5H,1-3H3. The normalized spacial score (nSPS) is 18.0. The molecule has 0 fully saturated rings. The van der Waals surface area contributed by atoms with Gasteiger partial charge in [0.05, 0.1) is 0 Å². The molecule has 1 aliphatic rings. The highest BCUT2D eigenvalue weighted by Gasteiger charge is 2.25. The van der Waals surface area contributed by atoms with Gasteiger partial charge >= 0.3 is 0 Å². The fourth-order valence-corrected chi connectivity index (χ4v) is 0.856. The molecule has 0 spiro atoms. The molecule has 0 N–H and O–H groups in total. The van der Waals surface area contributed by atoms with Gasteiger partial charge in [-0.25, -0.2) is 0 Å². The molecule has 0 aliphatic carbocycles. The van der Waals surface area contributed by atoms with Gasteiger partial charge in [-0.05, 0) is 5.92 Å². The highest BCUT2D eigenvalue weighted by atomic mass is 16.2. The van der Waals surface area contributed by atoms with Gasteiger partial charge in [0, 0.05) is 18.8 Å². The minimum atomic E-state index is 0.171. The summed E-state index contributed by atoms with van der Waals surface area (Å²) in [7, 11) is 1.77. The summed E-state index contributed by atoms with van der Waals surface area (Å²) in [4.78, 5) is 12.5. The lowest BCUT2D eigenvalue weighted by atomic mass is 9.99. The quantitative estimate of drug-likeness (QED) is 0.512. The molecule has 9 heavy (non-hydrogen) atoms. The van der Waals surface area contributed by atoms with Gasteiger partial charge < -0.3 is 4.90 Å². The van der Waals surface area contributed by atoms with Crippen molar-refractivity contribution in [3.63, 3.8) is 0 Å². The second-order valence-corrected chi connectivity index (χ2v) is 2.66. The van der Waals surface area contributed by atoms with Gasteiger partial charge in [0.2, 0.25) is 0 Å². The van der Waals surface area contributed by atoms with Crippen LogP contribution in [0, 0.1) is 5.92 Å². The molecule has 0 aromatic heterocycles. The van der Waals surface area contributed by atoms with Crippen molar-refractivity contribution in [2.45, 2.75) is 13.8 Å². The molecule has 50 valence electrons. The van der Waals surface area contributed by atoms with Crippen molar-refractivity contribution >= 4 is 5.91 Å². The molecule has 2 nitrogen and oxygen atoms in total. The van der Waals surface area contributed by atoms with Crippen LogP contribution < -0.4 is 0 Å². The van der Waals surface area contributed by atoms with Gasteiger partial charge in [-0.3, -0.25) is 4.79 Å². The molecule has 0 aromatic carbocycles. The first-order valence-corrected chi connectivity index (χ1v) is 3.12. The van der Waals surface area contributed by atoms with E-state index in [4.69, 9.17) is 0 Å². The summed E-state index contributed by atoms with van der Waals surface area (Å²) in [5.74, 6) is 0.554. The van der Waals surface area contributed by atoms with E-state index >= 15 is 0 Å². The number of carbonyl (C=O) groups is 1. The summed E-state index contributed by atoms with van der Waals surface area (Å²) < 4.78 is 0. The van der Waals surface area contributed by atoms with Crippen LogP contribution in [0.5, 0.6) is 0 Å². The Balaban J connectivity index is 2.68. The number of likely N-dealkylation sites (N-methyl/N-ethyl adjacent to an activating group) is 1. The van der Waals surface area contributed by atoms with Gasteiger partial charge in [-0.2, -0.15) is 0 Å². The molecular weight excluding hydrogens is 114 g/mol. The van der Waals surface area contributed by atoms with Crippen LogP contribution in [-0.4, -0.2) is 17.9 Å². The Morgan fingerprint density at radius 3 is 2.22 bits per heavy atom. The second-order valence-electron chi connectivity index (χ2n) is 2.66. The van der Waals surface area contributed by atoms with Gasteiger partial charge in [-0.15, -0.1) is 0 Å². The lowest BCUT2D eigenvalue weighted by molar-refractivity contribution is -0.127.